The molecule has 1 atom stereocenters. The van der Waals surface area contributed by atoms with E-state index in [0.717, 1.165) is 30.8 Å². The lowest BCUT2D eigenvalue weighted by Crippen LogP contribution is -2.40. The van der Waals surface area contributed by atoms with Crippen molar-refractivity contribution in [2.24, 2.45) is 0 Å². The topological polar surface area (TPSA) is 59.0 Å². The van der Waals surface area contributed by atoms with Gasteiger partial charge in [0.15, 0.2) is 0 Å². The van der Waals surface area contributed by atoms with Crippen molar-refractivity contribution in [3.05, 3.63) is 48.3 Å². The van der Waals surface area contributed by atoms with Gasteiger partial charge in [0.1, 0.15) is 0 Å². The van der Waals surface area contributed by atoms with Gasteiger partial charge in [-0.3, -0.25) is 4.79 Å². The number of aromatic nitrogens is 2. The summed E-state index contributed by atoms with van der Waals surface area (Å²) < 4.78 is 1.81. The van der Waals surface area contributed by atoms with E-state index in [9.17, 15) is 4.79 Å². The number of nitrogens with one attached hydrogen (secondary N) is 2. The highest BCUT2D eigenvalue weighted by Crippen LogP contribution is 2.08. The molecule has 1 saturated heterocycles. The summed E-state index contributed by atoms with van der Waals surface area (Å²) in [6.07, 6.45) is 3.90. The Morgan fingerprint density at radius 2 is 2.14 bits per heavy atom. The molecular weight excluding hydrogens is 288 g/mol. The summed E-state index contributed by atoms with van der Waals surface area (Å²) in [5.41, 5.74) is 1.88. The third kappa shape index (κ3) is 3.83. The first-order chi connectivity index (χ1) is 9.83. The number of hydrogen-bond acceptors (Lipinski definition) is 3. The molecule has 1 fully saturated rings. The summed E-state index contributed by atoms with van der Waals surface area (Å²) in [6.45, 7) is 1.40. The average molecular weight is 307 g/mol. The summed E-state index contributed by atoms with van der Waals surface area (Å²) in [5, 5.41) is 10.6. The fourth-order valence-corrected chi connectivity index (χ4v) is 2.39. The van der Waals surface area contributed by atoms with Crippen molar-refractivity contribution in [1.29, 1.82) is 0 Å². The molecule has 2 N–H and O–H groups in total. The van der Waals surface area contributed by atoms with Crippen LogP contribution in [0.4, 0.5) is 0 Å². The zero-order valence-corrected chi connectivity index (χ0v) is 12.5. The van der Waals surface area contributed by atoms with Gasteiger partial charge in [0.2, 0.25) is 5.91 Å². The Bertz CT molecular complexity index is 578. The number of hydrogen-bond donors (Lipinski definition) is 2. The molecule has 2 heterocycles. The zero-order chi connectivity index (χ0) is 13.8. The van der Waals surface area contributed by atoms with E-state index in [-0.39, 0.29) is 24.4 Å². The minimum absolute atomic E-state index is 0. The third-order valence-electron chi connectivity index (χ3n) is 3.49. The van der Waals surface area contributed by atoms with E-state index in [2.05, 4.69) is 15.7 Å². The minimum atomic E-state index is -0.0359. The van der Waals surface area contributed by atoms with E-state index in [1.54, 1.807) is 0 Å². The third-order valence-corrected chi connectivity index (χ3v) is 3.49. The van der Waals surface area contributed by atoms with Crippen LogP contribution < -0.4 is 10.6 Å². The molecule has 0 aliphatic carbocycles. The van der Waals surface area contributed by atoms with Crippen LogP contribution >= 0.6 is 12.4 Å². The van der Waals surface area contributed by atoms with Crippen molar-refractivity contribution in [2.75, 3.05) is 6.54 Å². The lowest BCUT2D eigenvalue weighted by Gasteiger charge is -2.09. The molecule has 0 radical (unpaired) electrons. The standard InChI is InChI=1S/C15H18N4O.ClH/c20-15(14-7-4-9-16-14)17-11-12-8-10-19(18-12)13-5-2-1-3-6-13;/h1-3,5-6,8,10,14,16H,4,7,9,11H2,(H,17,20);1H. The second-order valence-corrected chi connectivity index (χ2v) is 4.95. The van der Waals surface area contributed by atoms with Crippen LogP contribution in [0.1, 0.15) is 18.5 Å². The molecule has 0 spiro atoms. The number of para-hydroxylation sites is 1. The monoisotopic (exact) mass is 306 g/mol. The molecule has 1 aromatic carbocycles. The molecular formula is C15H19ClN4O. The fourth-order valence-electron chi connectivity index (χ4n) is 2.39. The van der Waals surface area contributed by atoms with E-state index in [0.29, 0.717) is 6.54 Å². The van der Waals surface area contributed by atoms with Crippen LogP contribution in [0.2, 0.25) is 0 Å². The van der Waals surface area contributed by atoms with Crippen molar-refractivity contribution in [1.82, 2.24) is 20.4 Å². The maximum absolute atomic E-state index is 11.9. The van der Waals surface area contributed by atoms with Gasteiger partial charge in [-0.25, -0.2) is 4.68 Å². The number of rotatable bonds is 4. The van der Waals surface area contributed by atoms with Crippen molar-refractivity contribution in [3.8, 4) is 5.69 Å². The summed E-state index contributed by atoms with van der Waals surface area (Å²) in [4.78, 5) is 11.9. The smallest absolute Gasteiger partial charge is 0.237 e. The van der Waals surface area contributed by atoms with Crippen LogP contribution in [0.5, 0.6) is 0 Å². The van der Waals surface area contributed by atoms with Crippen LogP contribution in [-0.2, 0) is 11.3 Å². The van der Waals surface area contributed by atoms with E-state index in [1.807, 2.05) is 47.3 Å². The van der Waals surface area contributed by atoms with Gasteiger partial charge < -0.3 is 10.6 Å². The molecule has 5 nitrogen and oxygen atoms in total. The molecule has 2 aromatic rings. The predicted octanol–water partition coefficient (Wildman–Crippen LogP) is 1.66. The van der Waals surface area contributed by atoms with Crippen molar-refractivity contribution < 1.29 is 4.79 Å². The summed E-state index contributed by atoms with van der Waals surface area (Å²) >= 11 is 0. The van der Waals surface area contributed by atoms with Crippen LogP contribution in [0.25, 0.3) is 5.69 Å². The van der Waals surface area contributed by atoms with E-state index >= 15 is 0 Å². The molecule has 0 bridgehead atoms. The van der Waals surface area contributed by atoms with Gasteiger partial charge in [-0.15, -0.1) is 12.4 Å². The van der Waals surface area contributed by atoms with Gasteiger partial charge in [-0.2, -0.15) is 5.10 Å². The Labute approximate surface area is 130 Å². The number of carbonyl (C=O) groups excluding carboxylic acids is 1. The predicted molar refractivity (Wildman–Crippen MR) is 83.7 cm³/mol. The Kier molecular flexibility index (Phi) is 5.36. The van der Waals surface area contributed by atoms with E-state index in [1.165, 1.54) is 0 Å². The lowest BCUT2D eigenvalue weighted by molar-refractivity contribution is -0.122. The highest BCUT2D eigenvalue weighted by atomic mass is 35.5. The maximum Gasteiger partial charge on any atom is 0.237 e. The second-order valence-electron chi connectivity index (χ2n) is 4.95. The molecule has 1 aliphatic heterocycles. The highest BCUT2D eigenvalue weighted by Gasteiger charge is 2.21. The molecule has 1 amide bonds. The van der Waals surface area contributed by atoms with Crippen molar-refractivity contribution in [2.45, 2.75) is 25.4 Å². The van der Waals surface area contributed by atoms with Crippen molar-refractivity contribution >= 4 is 18.3 Å². The quantitative estimate of drug-likeness (QED) is 0.903. The van der Waals surface area contributed by atoms with Crippen molar-refractivity contribution in [3.63, 3.8) is 0 Å². The first kappa shape index (κ1) is 15.5. The van der Waals surface area contributed by atoms with Gasteiger partial charge >= 0.3 is 0 Å². The van der Waals surface area contributed by atoms with E-state index < -0.39 is 0 Å². The molecule has 0 saturated carbocycles. The molecule has 21 heavy (non-hydrogen) atoms. The van der Waals surface area contributed by atoms with Crippen LogP contribution in [0, 0.1) is 0 Å². The number of halogens is 1. The van der Waals surface area contributed by atoms with Crippen LogP contribution in [0.3, 0.4) is 0 Å². The van der Waals surface area contributed by atoms with Gasteiger partial charge in [0, 0.05) is 6.20 Å². The first-order valence-corrected chi connectivity index (χ1v) is 6.94. The maximum atomic E-state index is 11.9. The Balaban J connectivity index is 0.00000161. The Morgan fingerprint density at radius 1 is 1.33 bits per heavy atom. The fraction of sp³-hybridized carbons (Fsp3) is 0.333. The largest absolute Gasteiger partial charge is 0.349 e. The average Bonchev–Trinajstić information content (AvgIpc) is 3.17. The second kappa shape index (κ2) is 7.24. The van der Waals surface area contributed by atoms with Crippen LogP contribution in [-0.4, -0.2) is 28.3 Å². The molecule has 3 rings (SSSR count). The molecule has 1 aliphatic rings. The SMILES string of the molecule is Cl.O=C(NCc1ccn(-c2ccccc2)n1)C1CCCN1. The normalized spacial score (nSPS) is 17.2. The highest BCUT2D eigenvalue weighted by molar-refractivity contribution is 5.85. The van der Waals surface area contributed by atoms with E-state index in [4.69, 9.17) is 0 Å². The molecule has 1 aromatic heterocycles. The van der Waals surface area contributed by atoms with Gasteiger partial charge in [0.25, 0.3) is 0 Å². The number of nitrogens with zero attached hydrogens (tertiary/aromatic N) is 2. The molecule has 6 heteroatoms. The van der Waals surface area contributed by atoms with Gasteiger partial charge in [-0.05, 0) is 37.6 Å². The molecule has 1 unspecified atom stereocenters. The number of amides is 1. The van der Waals surface area contributed by atoms with Gasteiger partial charge in [0.05, 0.1) is 24.0 Å². The summed E-state index contributed by atoms with van der Waals surface area (Å²) in [5.74, 6) is 0.0664. The Hall–Kier alpha value is -1.85. The lowest BCUT2D eigenvalue weighted by atomic mass is 10.2. The zero-order valence-electron chi connectivity index (χ0n) is 11.7. The van der Waals surface area contributed by atoms with Gasteiger partial charge in [-0.1, -0.05) is 18.2 Å². The number of benzene rings is 1. The summed E-state index contributed by atoms with van der Waals surface area (Å²) in [7, 11) is 0. The minimum Gasteiger partial charge on any atom is -0.349 e. The Morgan fingerprint density at radius 3 is 2.86 bits per heavy atom. The van der Waals surface area contributed by atoms with Crippen LogP contribution in [0.15, 0.2) is 42.6 Å². The first-order valence-electron chi connectivity index (χ1n) is 6.94. The molecule has 112 valence electrons. The summed E-state index contributed by atoms with van der Waals surface area (Å²) in [6, 6.07) is 11.8. The number of carbonyl (C=O) groups is 1.